The van der Waals surface area contributed by atoms with E-state index < -0.39 is 0 Å². The zero-order chi connectivity index (χ0) is 17.3. The molecule has 24 heavy (non-hydrogen) atoms. The van der Waals surface area contributed by atoms with Crippen LogP contribution in [0.5, 0.6) is 0 Å². The molecule has 0 atom stereocenters. The maximum absolute atomic E-state index is 5.86. The van der Waals surface area contributed by atoms with Gasteiger partial charge in [0.1, 0.15) is 5.82 Å². The fourth-order valence-corrected chi connectivity index (χ4v) is 3.85. The van der Waals surface area contributed by atoms with E-state index >= 15 is 0 Å². The van der Waals surface area contributed by atoms with Crippen molar-refractivity contribution in [3.63, 3.8) is 0 Å². The predicted molar refractivity (Wildman–Crippen MR) is 99.6 cm³/mol. The Bertz CT molecular complexity index is 560. The summed E-state index contributed by atoms with van der Waals surface area (Å²) in [5.41, 5.74) is 8.05. The van der Waals surface area contributed by atoms with E-state index in [4.69, 9.17) is 15.5 Å². The Morgan fingerprint density at radius 1 is 1.25 bits per heavy atom. The average Bonchev–Trinajstić information content (AvgIpc) is 2.55. The highest BCUT2D eigenvalue weighted by Gasteiger charge is 2.33. The van der Waals surface area contributed by atoms with Crippen LogP contribution in [0.4, 0.5) is 11.5 Å². The van der Waals surface area contributed by atoms with E-state index in [-0.39, 0.29) is 5.60 Å². The molecule has 1 saturated heterocycles. The topological polar surface area (TPSA) is 63.4 Å². The Hall–Kier alpha value is -1.33. The van der Waals surface area contributed by atoms with Crippen molar-refractivity contribution in [2.45, 2.75) is 64.1 Å². The molecule has 2 fully saturated rings. The van der Waals surface area contributed by atoms with E-state index in [9.17, 15) is 0 Å². The van der Waals surface area contributed by atoms with Crippen molar-refractivity contribution in [3.05, 3.63) is 17.8 Å². The first-order valence-electron chi connectivity index (χ1n) is 9.19. The average molecular weight is 332 g/mol. The molecule has 134 valence electrons. The molecule has 3 rings (SSSR count). The van der Waals surface area contributed by atoms with Crippen molar-refractivity contribution in [2.75, 3.05) is 30.4 Å². The minimum Gasteiger partial charge on any atom is -0.381 e. The van der Waals surface area contributed by atoms with Gasteiger partial charge in [-0.15, -0.1) is 0 Å². The molecule has 0 bridgehead atoms. The summed E-state index contributed by atoms with van der Waals surface area (Å²) in [5, 5.41) is 3.56. The lowest BCUT2D eigenvalue weighted by molar-refractivity contribution is -0.0357. The molecular formula is C19H32N4O. The van der Waals surface area contributed by atoms with Gasteiger partial charge in [0.05, 0.1) is 17.0 Å². The molecule has 1 aromatic rings. The quantitative estimate of drug-likeness (QED) is 0.868. The molecule has 3 N–H and O–H groups in total. The SMILES string of the molecule is COC(C)(C)C1CCN(c2ccc(NC3CC(N)C3)c(C)n2)CC1. The molecular weight excluding hydrogens is 300 g/mol. The standard InChI is InChI=1S/C19H32N4O/c1-13-17(22-16-11-15(20)12-16)5-6-18(21-13)23-9-7-14(8-10-23)19(2,3)24-4/h5-6,14-16,22H,7-12,20H2,1-4H3. The summed E-state index contributed by atoms with van der Waals surface area (Å²) in [7, 11) is 1.82. The van der Waals surface area contributed by atoms with Gasteiger partial charge in [-0.1, -0.05) is 0 Å². The van der Waals surface area contributed by atoms with Gasteiger partial charge in [0.15, 0.2) is 0 Å². The number of hydrogen-bond acceptors (Lipinski definition) is 5. The van der Waals surface area contributed by atoms with Gasteiger partial charge in [-0.2, -0.15) is 0 Å². The predicted octanol–water partition coefficient (Wildman–Crippen LogP) is 2.93. The number of aryl methyl sites for hydroxylation is 1. The van der Waals surface area contributed by atoms with Gasteiger partial charge in [0.25, 0.3) is 0 Å². The van der Waals surface area contributed by atoms with E-state index in [1.54, 1.807) is 0 Å². The molecule has 0 spiro atoms. The summed E-state index contributed by atoms with van der Waals surface area (Å²) in [6.07, 6.45) is 4.43. The fourth-order valence-electron chi connectivity index (χ4n) is 3.85. The lowest BCUT2D eigenvalue weighted by Crippen LogP contribution is -2.44. The van der Waals surface area contributed by atoms with Gasteiger partial charge in [-0.25, -0.2) is 4.98 Å². The highest BCUT2D eigenvalue weighted by atomic mass is 16.5. The van der Waals surface area contributed by atoms with E-state index in [1.807, 2.05) is 7.11 Å². The number of piperidine rings is 1. The summed E-state index contributed by atoms with van der Waals surface area (Å²) < 4.78 is 5.66. The second-order valence-corrected chi connectivity index (χ2v) is 7.94. The van der Waals surface area contributed by atoms with E-state index in [2.05, 4.69) is 43.1 Å². The third-order valence-corrected chi connectivity index (χ3v) is 5.93. The maximum Gasteiger partial charge on any atom is 0.128 e. The van der Waals surface area contributed by atoms with Gasteiger partial charge >= 0.3 is 0 Å². The maximum atomic E-state index is 5.86. The zero-order valence-corrected chi connectivity index (χ0v) is 15.5. The largest absolute Gasteiger partial charge is 0.381 e. The molecule has 5 nitrogen and oxygen atoms in total. The number of nitrogens with zero attached hydrogens (tertiary/aromatic N) is 2. The third kappa shape index (κ3) is 3.67. The molecule has 1 aliphatic carbocycles. The van der Waals surface area contributed by atoms with Gasteiger partial charge in [-0.3, -0.25) is 0 Å². The normalized spacial score (nSPS) is 25.5. The van der Waals surface area contributed by atoms with Gasteiger partial charge < -0.3 is 20.7 Å². The number of rotatable bonds is 5. The van der Waals surface area contributed by atoms with Crippen molar-refractivity contribution < 1.29 is 4.74 Å². The number of nitrogens with two attached hydrogens (primary N) is 1. The Balaban J connectivity index is 1.59. The molecule has 2 heterocycles. The Morgan fingerprint density at radius 2 is 1.92 bits per heavy atom. The first kappa shape index (κ1) is 17.5. The number of aromatic nitrogens is 1. The van der Waals surface area contributed by atoms with Gasteiger partial charge in [-0.05, 0) is 64.5 Å². The molecule has 0 amide bonds. The number of pyridine rings is 1. The number of anilines is 2. The number of ether oxygens (including phenoxy) is 1. The van der Waals surface area contributed by atoms with Crippen LogP contribution in [0.3, 0.4) is 0 Å². The van der Waals surface area contributed by atoms with Crippen molar-refractivity contribution in [1.82, 2.24) is 4.98 Å². The second-order valence-electron chi connectivity index (χ2n) is 7.94. The Kier molecular flexibility index (Phi) is 5.02. The Labute approximate surface area is 146 Å². The van der Waals surface area contributed by atoms with Crippen LogP contribution in [0.2, 0.25) is 0 Å². The summed E-state index contributed by atoms with van der Waals surface area (Å²) in [6.45, 7) is 8.58. The van der Waals surface area contributed by atoms with Crippen molar-refractivity contribution in [1.29, 1.82) is 0 Å². The minimum atomic E-state index is -0.0349. The van der Waals surface area contributed by atoms with Crippen LogP contribution in [0.15, 0.2) is 12.1 Å². The first-order valence-corrected chi connectivity index (χ1v) is 9.19. The summed E-state index contributed by atoms with van der Waals surface area (Å²) in [6, 6.07) is 5.20. The highest BCUT2D eigenvalue weighted by Crippen LogP contribution is 2.32. The van der Waals surface area contributed by atoms with Crippen LogP contribution >= 0.6 is 0 Å². The molecule has 1 aromatic heterocycles. The highest BCUT2D eigenvalue weighted by molar-refractivity contribution is 5.54. The molecule has 0 unspecified atom stereocenters. The molecule has 5 heteroatoms. The minimum absolute atomic E-state index is 0.0349. The first-order chi connectivity index (χ1) is 11.4. The molecule has 2 aliphatic rings. The van der Waals surface area contributed by atoms with Gasteiger partial charge in [0.2, 0.25) is 0 Å². The van der Waals surface area contributed by atoms with Crippen molar-refractivity contribution in [2.24, 2.45) is 11.7 Å². The summed E-state index contributed by atoms with van der Waals surface area (Å²) >= 11 is 0. The van der Waals surface area contributed by atoms with E-state index in [0.717, 1.165) is 56.0 Å². The number of methoxy groups -OCH3 is 1. The van der Waals surface area contributed by atoms with E-state index in [0.29, 0.717) is 18.0 Å². The van der Waals surface area contributed by atoms with Gasteiger partial charge in [0, 0.05) is 32.3 Å². The van der Waals surface area contributed by atoms with E-state index in [1.165, 1.54) is 0 Å². The van der Waals surface area contributed by atoms with Crippen LogP contribution in [0.1, 0.15) is 45.2 Å². The summed E-state index contributed by atoms with van der Waals surface area (Å²) in [4.78, 5) is 7.24. The molecule has 0 aromatic carbocycles. The molecule has 1 saturated carbocycles. The smallest absolute Gasteiger partial charge is 0.128 e. The third-order valence-electron chi connectivity index (χ3n) is 5.93. The number of nitrogens with one attached hydrogen (secondary N) is 1. The lowest BCUT2D eigenvalue weighted by atomic mass is 9.83. The molecule has 1 aliphatic heterocycles. The summed E-state index contributed by atoms with van der Waals surface area (Å²) in [5.74, 6) is 1.71. The lowest BCUT2D eigenvalue weighted by Gasteiger charge is -2.40. The van der Waals surface area contributed by atoms with Crippen LogP contribution in [0, 0.1) is 12.8 Å². The van der Waals surface area contributed by atoms with Crippen LogP contribution in [-0.4, -0.2) is 42.9 Å². The van der Waals surface area contributed by atoms with Crippen molar-refractivity contribution in [3.8, 4) is 0 Å². The fraction of sp³-hybridized carbons (Fsp3) is 0.737. The zero-order valence-electron chi connectivity index (χ0n) is 15.5. The van der Waals surface area contributed by atoms with Crippen LogP contribution in [-0.2, 0) is 4.74 Å². The number of hydrogen-bond donors (Lipinski definition) is 2. The molecule has 0 radical (unpaired) electrons. The monoisotopic (exact) mass is 332 g/mol. The van der Waals surface area contributed by atoms with Crippen LogP contribution < -0.4 is 16.0 Å². The Morgan fingerprint density at radius 3 is 2.46 bits per heavy atom. The second kappa shape index (κ2) is 6.89. The van der Waals surface area contributed by atoms with Crippen molar-refractivity contribution >= 4 is 11.5 Å². The van der Waals surface area contributed by atoms with Crippen LogP contribution in [0.25, 0.3) is 0 Å².